The first kappa shape index (κ1) is 9.53. The van der Waals surface area contributed by atoms with E-state index >= 15 is 0 Å². The molecule has 0 aliphatic carbocycles. The van der Waals surface area contributed by atoms with E-state index in [0.717, 1.165) is 0 Å². The molecule has 0 saturated carbocycles. The van der Waals surface area contributed by atoms with Crippen molar-refractivity contribution in [3.8, 4) is 0 Å². The second-order valence-corrected chi connectivity index (χ2v) is 3.64. The van der Waals surface area contributed by atoms with Gasteiger partial charge in [-0.2, -0.15) is 0 Å². The van der Waals surface area contributed by atoms with Gasteiger partial charge in [-0.3, -0.25) is 0 Å². The van der Waals surface area contributed by atoms with Crippen LogP contribution in [0.25, 0.3) is 6.08 Å². The second kappa shape index (κ2) is 4.46. The summed E-state index contributed by atoms with van der Waals surface area (Å²) in [5.74, 6) is 0.618. The van der Waals surface area contributed by atoms with Crippen LogP contribution < -0.4 is 0 Å². The molecule has 0 bridgehead atoms. The normalized spacial score (nSPS) is 11.3. The van der Waals surface area contributed by atoms with Gasteiger partial charge in [0.15, 0.2) is 0 Å². The summed E-state index contributed by atoms with van der Waals surface area (Å²) in [6.45, 7) is 4.41. The Morgan fingerprint density at radius 3 is 2.17 bits per heavy atom. The van der Waals surface area contributed by atoms with Gasteiger partial charge in [-0.15, -0.1) is 0 Å². The third-order valence-electron chi connectivity index (χ3n) is 1.86. The maximum atomic E-state index is 3.25. The van der Waals surface area contributed by atoms with Gasteiger partial charge in [0.1, 0.15) is 0 Å². The minimum Gasteiger partial charge on any atom is -0.0595 e. The minimum absolute atomic E-state index is 0.618. The van der Waals surface area contributed by atoms with E-state index in [1.807, 2.05) is 11.1 Å². The van der Waals surface area contributed by atoms with Gasteiger partial charge < -0.3 is 0 Å². The summed E-state index contributed by atoms with van der Waals surface area (Å²) in [6.07, 6.45) is 2.03. The number of hydrogen-bond acceptors (Lipinski definition) is 0. The summed E-state index contributed by atoms with van der Waals surface area (Å²) < 4.78 is 0. The highest BCUT2D eigenvalue weighted by Crippen LogP contribution is 2.15. The molecule has 1 aromatic carbocycles. The van der Waals surface area contributed by atoms with E-state index in [-0.39, 0.29) is 0 Å². The molecule has 0 fully saturated rings. The van der Waals surface area contributed by atoms with E-state index in [4.69, 9.17) is 0 Å². The van der Waals surface area contributed by atoms with E-state index in [2.05, 4.69) is 54.0 Å². The molecule has 0 amide bonds. The van der Waals surface area contributed by atoms with Gasteiger partial charge in [0.05, 0.1) is 0 Å². The Labute approximate surface area is 82.4 Å². The lowest BCUT2D eigenvalue weighted by molar-refractivity contribution is 0.866. The molecular weight excluding hydrogens is 212 g/mol. The second-order valence-electron chi connectivity index (χ2n) is 3.11. The van der Waals surface area contributed by atoms with Gasteiger partial charge in [0.2, 0.25) is 0 Å². The van der Waals surface area contributed by atoms with E-state index in [0.29, 0.717) is 5.92 Å². The quantitative estimate of drug-likeness (QED) is 0.708. The average Bonchev–Trinajstić information content (AvgIpc) is 2.06. The Balaban J connectivity index is 2.85. The van der Waals surface area contributed by atoms with E-state index < -0.39 is 0 Å². The summed E-state index contributed by atoms with van der Waals surface area (Å²) in [5.41, 5.74) is 2.62. The van der Waals surface area contributed by atoms with Crippen LogP contribution >= 0.6 is 15.9 Å². The molecule has 0 aliphatic rings. The van der Waals surface area contributed by atoms with Gasteiger partial charge in [0.25, 0.3) is 0 Å². The van der Waals surface area contributed by atoms with Crippen molar-refractivity contribution in [3.05, 3.63) is 40.4 Å². The molecule has 0 nitrogen and oxygen atoms in total. The summed E-state index contributed by atoms with van der Waals surface area (Å²) in [4.78, 5) is 1.87. The summed E-state index contributed by atoms with van der Waals surface area (Å²) in [7, 11) is 0. The zero-order valence-electron chi connectivity index (χ0n) is 7.42. The molecule has 0 radical (unpaired) electrons. The Morgan fingerprint density at radius 2 is 1.75 bits per heavy atom. The lowest BCUT2D eigenvalue weighted by Crippen LogP contribution is -1.85. The van der Waals surface area contributed by atoms with Gasteiger partial charge >= 0.3 is 0 Å². The fraction of sp³-hybridized carbons (Fsp3) is 0.273. The molecule has 0 atom stereocenters. The van der Waals surface area contributed by atoms with Crippen LogP contribution in [0.2, 0.25) is 0 Å². The molecule has 1 rings (SSSR count). The molecular formula is C11H13Br. The maximum absolute atomic E-state index is 3.25. The SMILES string of the molecule is CC(C)c1ccc(C=CBr)cc1. The fourth-order valence-electron chi connectivity index (χ4n) is 1.06. The molecule has 0 saturated heterocycles. The van der Waals surface area contributed by atoms with Gasteiger partial charge in [-0.1, -0.05) is 54.0 Å². The van der Waals surface area contributed by atoms with Crippen LogP contribution in [0.4, 0.5) is 0 Å². The number of benzene rings is 1. The van der Waals surface area contributed by atoms with Crippen LogP contribution in [0.3, 0.4) is 0 Å². The smallest absolute Gasteiger partial charge is 0.0183 e. The first-order valence-electron chi connectivity index (χ1n) is 4.10. The Hall–Kier alpha value is -0.560. The highest BCUT2D eigenvalue weighted by atomic mass is 79.9. The van der Waals surface area contributed by atoms with Crippen LogP contribution in [0.15, 0.2) is 29.3 Å². The zero-order chi connectivity index (χ0) is 8.97. The average molecular weight is 225 g/mol. The molecule has 1 aromatic rings. The third-order valence-corrected chi connectivity index (χ3v) is 2.12. The van der Waals surface area contributed by atoms with Gasteiger partial charge in [-0.05, 0) is 28.1 Å². The minimum atomic E-state index is 0.618. The van der Waals surface area contributed by atoms with Crippen LogP contribution in [-0.2, 0) is 0 Å². The topological polar surface area (TPSA) is 0 Å². The Bertz CT molecular complexity index is 257. The number of hydrogen-bond donors (Lipinski definition) is 0. The molecule has 0 spiro atoms. The van der Waals surface area contributed by atoms with E-state index in [9.17, 15) is 0 Å². The Morgan fingerprint density at radius 1 is 1.17 bits per heavy atom. The monoisotopic (exact) mass is 224 g/mol. The lowest BCUT2D eigenvalue weighted by atomic mass is 10.0. The highest BCUT2D eigenvalue weighted by Gasteiger charge is 1.96. The van der Waals surface area contributed by atoms with Crippen molar-refractivity contribution >= 4 is 22.0 Å². The van der Waals surface area contributed by atoms with E-state index in [1.54, 1.807) is 0 Å². The largest absolute Gasteiger partial charge is 0.0595 e. The molecule has 0 aromatic heterocycles. The maximum Gasteiger partial charge on any atom is -0.0183 e. The molecule has 0 heterocycles. The van der Waals surface area contributed by atoms with Crippen LogP contribution in [0.5, 0.6) is 0 Å². The number of halogens is 1. The van der Waals surface area contributed by atoms with Crippen molar-refractivity contribution in [1.82, 2.24) is 0 Å². The van der Waals surface area contributed by atoms with Crippen LogP contribution in [-0.4, -0.2) is 0 Å². The molecule has 0 unspecified atom stereocenters. The first-order chi connectivity index (χ1) is 5.74. The molecule has 12 heavy (non-hydrogen) atoms. The standard InChI is InChI=1S/C11H13Br/c1-9(2)11-5-3-10(4-6-11)7-8-12/h3-9H,1-2H3. The third kappa shape index (κ3) is 2.49. The molecule has 0 aliphatic heterocycles. The molecule has 0 N–H and O–H groups in total. The lowest BCUT2D eigenvalue weighted by Gasteiger charge is -2.04. The summed E-state index contributed by atoms with van der Waals surface area (Å²) in [6, 6.07) is 8.61. The number of rotatable bonds is 2. The first-order valence-corrected chi connectivity index (χ1v) is 5.02. The molecule has 64 valence electrons. The highest BCUT2D eigenvalue weighted by molar-refractivity contribution is 9.11. The Kier molecular flexibility index (Phi) is 3.54. The van der Waals surface area contributed by atoms with Crippen molar-refractivity contribution in [2.45, 2.75) is 19.8 Å². The van der Waals surface area contributed by atoms with Gasteiger partial charge in [-0.25, -0.2) is 0 Å². The van der Waals surface area contributed by atoms with E-state index in [1.165, 1.54) is 11.1 Å². The predicted octanol–water partition coefficient (Wildman–Crippen LogP) is 4.18. The summed E-state index contributed by atoms with van der Waals surface area (Å²) >= 11 is 3.25. The van der Waals surface area contributed by atoms with Crippen molar-refractivity contribution in [2.75, 3.05) is 0 Å². The molecule has 1 heteroatoms. The van der Waals surface area contributed by atoms with Crippen LogP contribution in [0, 0.1) is 0 Å². The van der Waals surface area contributed by atoms with Crippen molar-refractivity contribution < 1.29 is 0 Å². The predicted molar refractivity (Wildman–Crippen MR) is 58.5 cm³/mol. The van der Waals surface area contributed by atoms with Crippen molar-refractivity contribution in [1.29, 1.82) is 0 Å². The zero-order valence-corrected chi connectivity index (χ0v) is 9.01. The van der Waals surface area contributed by atoms with Crippen LogP contribution in [0.1, 0.15) is 30.9 Å². The van der Waals surface area contributed by atoms with Crippen molar-refractivity contribution in [2.24, 2.45) is 0 Å². The fourth-order valence-corrected chi connectivity index (χ4v) is 1.37. The summed E-state index contributed by atoms with van der Waals surface area (Å²) in [5, 5.41) is 0. The van der Waals surface area contributed by atoms with Gasteiger partial charge in [0, 0.05) is 0 Å². The van der Waals surface area contributed by atoms with Crippen molar-refractivity contribution in [3.63, 3.8) is 0 Å².